The zero-order valence-electron chi connectivity index (χ0n) is 4.82. The SMILES string of the molecule is CC(C)[C@H]1CC1I. The van der Waals surface area contributed by atoms with E-state index >= 15 is 0 Å². The molecule has 0 aromatic carbocycles. The van der Waals surface area contributed by atoms with Gasteiger partial charge in [-0.3, -0.25) is 0 Å². The van der Waals surface area contributed by atoms with Crippen molar-refractivity contribution in [2.75, 3.05) is 0 Å². The minimum Gasteiger partial charge on any atom is -0.0823 e. The largest absolute Gasteiger partial charge is 0.0823 e. The van der Waals surface area contributed by atoms with E-state index in [9.17, 15) is 0 Å². The van der Waals surface area contributed by atoms with Crippen molar-refractivity contribution < 1.29 is 0 Å². The number of rotatable bonds is 1. The van der Waals surface area contributed by atoms with Crippen LogP contribution in [-0.2, 0) is 0 Å². The van der Waals surface area contributed by atoms with E-state index in [4.69, 9.17) is 0 Å². The Labute approximate surface area is 58.8 Å². The smallest absolute Gasteiger partial charge is 0.0144 e. The second-order valence-corrected chi connectivity index (χ2v) is 4.26. The van der Waals surface area contributed by atoms with Gasteiger partial charge >= 0.3 is 0 Å². The van der Waals surface area contributed by atoms with Crippen molar-refractivity contribution in [2.45, 2.75) is 24.2 Å². The summed E-state index contributed by atoms with van der Waals surface area (Å²) in [5, 5.41) is 0. The van der Waals surface area contributed by atoms with E-state index in [0.717, 1.165) is 15.8 Å². The summed E-state index contributed by atoms with van der Waals surface area (Å²) in [4.78, 5) is 0. The molecule has 42 valence electrons. The molecule has 0 amide bonds. The van der Waals surface area contributed by atoms with Gasteiger partial charge in [0.15, 0.2) is 0 Å². The summed E-state index contributed by atoms with van der Waals surface area (Å²) in [5.74, 6) is 1.99. The highest BCUT2D eigenvalue weighted by atomic mass is 127. The number of hydrogen-bond donors (Lipinski definition) is 0. The number of alkyl halides is 1. The summed E-state index contributed by atoms with van der Waals surface area (Å²) in [6.07, 6.45) is 1.47. The molecule has 0 nitrogen and oxygen atoms in total. The second-order valence-electron chi connectivity index (χ2n) is 2.66. The molecule has 0 radical (unpaired) electrons. The summed E-state index contributed by atoms with van der Waals surface area (Å²) < 4.78 is 1.01. The molecule has 0 heterocycles. The predicted molar refractivity (Wildman–Crippen MR) is 40.8 cm³/mol. The van der Waals surface area contributed by atoms with Gasteiger partial charge in [0, 0.05) is 3.92 Å². The van der Waals surface area contributed by atoms with Gasteiger partial charge in [-0.15, -0.1) is 0 Å². The predicted octanol–water partition coefficient (Wildman–Crippen LogP) is 2.47. The average molecular weight is 210 g/mol. The van der Waals surface area contributed by atoms with Crippen LogP contribution in [-0.4, -0.2) is 3.92 Å². The Hall–Kier alpha value is 0.730. The quantitative estimate of drug-likeness (QED) is 0.460. The van der Waals surface area contributed by atoms with Gasteiger partial charge in [0.2, 0.25) is 0 Å². The van der Waals surface area contributed by atoms with Gasteiger partial charge in [0.05, 0.1) is 0 Å². The van der Waals surface area contributed by atoms with Crippen LogP contribution in [0.3, 0.4) is 0 Å². The summed E-state index contributed by atoms with van der Waals surface area (Å²) in [6, 6.07) is 0. The summed E-state index contributed by atoms with van der Waals surface area (Å²) in [5.41, 5.74) is 0. The van der Waals surface area contributed by atoms with Gasteiger partial charge < -0.3 is 0 Å². The first-order valence-corrected chi connectivity index (χ1v) is 4.10. The fourth-order valence-electron chi connectivity index (χ4n) is 0.871. The third-order valence-corrected chi connectivity index (χ3v) is 3.05. The fourth-order valence-corrected chi connectivity index (χ4v) is 2.29. The molecule has 1 aliphatic carbocycles. The summed E-state index contributed by atoms with van der Waals surface area (Å²) in [7, 11) is 0. The van der Waals surface area contributed by atoms with E-state index in [1.165, 1.54) is 6.42 Å². The van der Waals surface area contributed by atoms with Crippen molar-refractivity contribution >= 4 is 22.6 Å². The van der Waals surface area contributed by atoms with Crippen LogP contribution in [0.25, 0.3) is 0 Å². The lowest BCUT2D eigenvalue weighted by molar-refractivity contribution is 0.568. The Kier molecular flexibility index (Phi) is 1.61. The van der Waals surface area contributed by atoms with Crippen LogP contribution in [0.4, 0.5) is 0 Å². The molecule has 1 aliphatic rings. The molecular weight excluding hydrogens is 199 g/mol. The highest BCUT2D eigenvalue weighted by Gasteiger charge is 2.36. The molecule has 0 aromatic heterocycles. The van der Waals surface area contributed by atoms with Crippen LogP contribution in [0.15, 0.2) is 0 Å². The van der Waals surface area contributed by atoms with Crippen molar-refractivity contribution in [3.63, 3.8) is 0 Å². The Morgan fingerprint density at radius 2 is 2.00 bits per heavy atom. The maximum Gasteiger partial charge on any atom is 0.0144 e. The fraction of sp³-hybridized carbons (Fsp3) is 1.00. The van der Waals surface area contributed by atoms with Crippen LogP contribution in [0.2, 0.25) is 0 Å². The first kappa shape index (κ1) is 5.86. The van der Waals surface area contributed by atoms with Crippen molar-refractivity contribution in [3.8, 4) is 0 Å². The lowest BCUT2D eigenvalue weighted by Gasteiger charge is -1.96. The number of halogens is 1. The van der Waals surface area contributed by atoms with E-state index in [1.807, 2.05) is 0 Å². The molecular formula is C6H11I. The Morgan fingerprint density at radius 3 is 2.00 bits per heavy atom. The minimum atomic E-state index is 0.932. The van der Waals surface area contributed by atoms with Crippen LogP contribution in [0.5, 0.6) is 0 Å². The third kappa shape index (κ3) is 1.31. The molecule has 1 rings (SSSR count). The van der Waals surface area contributed by atoms with Crippen LogP contribution in [0, 0.1) is 11.8 Å². The number of hydrogen-bond acceptors (Lipinski definition) is 0. The lowest BCUT2D eigenvalue weighted by Crippen LogP contribution is -1.89. The van der Waals surface area contributed by atoms with Crippen LogP contribution < -0.4 is 0 Å². The summed E-state index contributed by atoms with van der Waals surface area (Å²) >= 11 is 2.53. The average Bonchev–Trinajstić information content (AvgIpc) is 2.17. The summed E-state index contributed by atoms with van der Waals surface area (Å²) in [6.45, 7) is 4.62. The van der Waals surface area contributed by atoms with Crippen molar-refractivity contribution in [3.05, 3.63) is 0 Å². The minimum absolute atomic E-state index is 0.932. The molecule has 7 heavy (non-hydrogen) atoms. The maximum absolute atomic E-state index is 2.53. The van der Waals surface area contributed by atoms with Crippen LogP contribution in [0.1, 0.15) is 20.3 Å². The van der Waals surface area contributed by atoms with E-state index in [-0.39, 0.29) is 0 Å². The van der Waals surface area contributed by atoms with Gasteiger partial charge in [0.25, 0.3) is 0 Å². The molecule has 1 heteroatoms. The molecule has 0 aromatic rings. The topological polar surface area (TPSA) is 0 Å². The van der Waals surface area contributed by atoms with E-state index < -0.39 is 0 Å². The van der Waals surface area contributed by atoms with Gasteiger partial charge in [0.1, 0.15) is 0 Å². The van der Waals surface area contributed by atoms with Crippen molar-refractivity contribution in [1.82, 2.24) is 0 Å². The highest BCUT2D eigenvalue weighted by molar-refractivity contribution is 14.1. The molecule has 1 saturated carbocycles. The Balaban J connectivity index is 2.20. The van der Waals surface area contributed by atoms with Gasteiger partial charge in [-0.05, 0) is 18.3 Å². The van der Waals surface area contributed by atoms with E-state index in [0.29, 0.717) is 0 Å². The zero-order chi connectivity index (χ0) is 5.44. The molecule has 0 N–H and O–H groups in total. The molecule has 1 fully saturated rings. The monoisotopic (exact) mass is 210 g/mol. The molecule has 0 bridgehead atoms. The Bertz CT molecular complexity index is 68.6. The standard InChI is InChI=1S/C6H11I/c1-4(2)5-3-6(5)7/h4-6H,3H2,1-2H3/t5-,6?/m1/s1. The third-order valence-electron chi connectivity index (χ3n) is 1.62. The molecule has 2 atom stereocenters. The molecule has 0 spiro atoms. The lowest BCUT2D eigenvalue weighted by atomic mass is 10.1. The zero-order valence-corrected chi connectivity index (χ0v) is 6.97. The van der Waals surface area contributed by atoms with Gasteiger partial charge in [-0.1, -0.05) is 36.4 Å². The Morgan fingerprint density at radius 1 is 1.57 bits per heavy atom. The van der Waals surface area contributed by atoms with E-state index in [1.54, 1.807) is 0 Å². The molecule has 0 aliphatic heterocycles. The second kappa shape index (κ2) is 1.92. The maximum atomic E-state index is 2.53. The van der Waals surface area contributed by atoms with Gasteiger partial charge in [-0.2, -0.15) is 0 Å². The van der Waals surface area contributed by atoms with Crippen LogP contribution >= 0.6 is 22.6 Å². The highest BCUT2D eigenvalue weighted by Crippen LogP contribution is 2.43. The first-order valence-electron chi connectivity index (χ1n) is 2.86. The van der Waals surface area contributed by atoms with Crippen molar-refractivity contribution in [1.29, 1.82) is 0 Å². The normalized spacial score (nSPS) is 39.4. The first-order chi connectivity index (χ1) is 3.22. The molecule has 0 saturated heterocycles. The van der Waals surface area contributed by atoms with Crippen molar-refractivity contribution in [2.24, 2.45) is 11.8 Å². The molecule has 1 unspecified atom stereocenters. The van der Waals surface area contributed by atoms with Gasteiger partial charge in [-0.25, -0.2) is 0 Å². The van der Waals surface area contributed by atoms with E-state index in [2.05, 4.69) is 36.4 Å².